The van der Waals surface area contributed by atoms with E-state index in [2.05, 4.69) is 25.9 Å². The van der Waals surface area contributed by atoms with E-state index >= 15 is 0 Å². The molecule has 0 saturated carbocycles. The molecule has 3 amide bonds. The lowest BCUT2D eigenvalue weighted by molar-refractivity contribution is -0.149. The number of amides is 3. The fourth-order valence-electron chi connectivity index (χ4n) is 4.01. The number of carbonyl (C=O) groups excluding carboxylic acids is 4. The lowest BCUT2D eigenvalue weighted by Gasteiger charge is -2.33. The van der Waals surface area contributed by atoms with Crippen LogP contribution in [0.2, 0.25) is 0 Å². The minimum atomic E-state index is -1.17. The van der Waals surface area contributed by atoms with Crippen LogP contribution in [0.4, 0.5) is 0 Å². The predicted octanol–water partition coefficient (Wildman–Crippen LogP) is 1.23. The van der Waals surface area contributed by atoms with Gasteiger partial charge in [-0.15, -0.1) is 0 Å². The number of aromatic nitrogens is 2. The van der Waals surface area contributed by atoms with Crippen LogP contribution in [0.1, 0.15) is 56.6 Å². The molecule has 0 aliphatic carbocycles. The number of nitrogens with zero attached hydrogens (tertiary/aromatic N) is 2. The standard InChI is InChI=1S/C26H34BN5O6/c1-16(2)12-22(27-37-21(14-23(33)38-27)26(36)30-17(3)4)32-24(34)19(13-18-8-6-5-7-9-18)31-25(35)20-15-28-10-11-29-20/h5-11,15-17,19,21-22H,12-14H2,1-4H3,(H,30,36)(H,31,35)(H,32,34)/t19?,21?,22-/m0/s1. The van der Waals surface area contributed by atoms with E-state index < -0.39 is 48.9 Å². The lowest BCUT2D eigenvalue weighted by atomic mass is 9.72. The zero-order valence-electron chi connectivity index (χ0n) is 22.0. The third-order valence-electron chi connectivity index (χ3n) is 5.70. The second-order valence-electron chi connectivity index (χ2n) is 9.90. The molecule has 1 aliphatic heterocycles. The Kier molecular flexibility index (Phi) is 10.3. The van der Waals surface area contributed by atoms with Crippen LogP contribution < -0.4 is 16.0 Å². The maximum Gasteiger partial charge on any atom is 0.551 e. The van der Waals surface area contributed by atoms with Crippen molar-refractivity contribution in [3.05, 3.63) is 60.2 Å². The topological polar surface area (TPSA) is 149 Å². The summed E-state index contributed by atoms with van der Waals surface area (Å²) in [5.41, 5.74) is 0.902. The van der Waals surface area contributed by atoms with Gasteiger partial charge in [-0.2, -0.15) is 0 Å². The Hall–Kier alpha value is -3.80. The quantitative estimate of drug-likeness (QED) is 0.373. The van der Waals surface area contributed by atoms with Gasteiger partial charge in [-0.3, -0.25) is 24.2 Å². The van der Waals surface area contributed by atoms with Crippen molar-refractivity contribution < 1.29 is 28.5 Å². The van der Waals surface area contributed by atoms with Crippen molar-refractivity contribution in [1.29, 1.82) is 0 Å². The summed E-state index contributed by atoms with van der Waals surface area (Å²) in [6.07, 6.45) is 3.50. The molecule has 38 heavy (non-hydrogen) atoms. The van der Waals surface area contributed by atoms with Crippen molar-refractivity contribution in [1.82, 2.24) is 25.9 Å². The van der Waals surface area contributed by atoms with Crippen LogP contribution >= 0.6 is 0 Å². The first-order valence-electron chi connectivity index (χ1n) is 12.7. The average molecular weight is 523 g/mol. The molecule has 3 rings (SSSR count). The number of carbonyl (C=O) groups is 4. The van der Waals surface area contributed by atoms with E-state index in [0.29, 0.717) is 6.42 Å². The fraction of sp³-hybridized carbons (Fsp3) is 0.462. The second-order valence-corrected chi connectivity index (χ2v) is 9.90. The Morgan fingerprint density at radius 1 is 1.05 bits per heavy atom. The molecule has 1 aromatic carbocycles. The first-order chi connectivity index (χ1) is 18.1. The van der Waals surface area contributed by atoms with E-state index in [9.17, 15) is 19.2 Å². The van der Waals surface area contributed by atoms with Gasteiger partial charge in [0.05, 0.1) is 18.6 Å². The summed E-state index contributed by atoms with van der Waals surface area (Å²) in [6.45, 7) is 7.51. The Balaban J connectivity index is 1.80. The minimum absolute atomic E-state index is 0.0700. The molecule has 1 fully saturated rings. The molecule has 2 heterocycles. The molecule has 2 unspecified atom stereocenters. The molecule has 2 aromatic rings. The summed E-state index contributed by atoms with van der Waals surface area (Å²) < 4.78 is 11.3. The van der Waals surface area contributed by atoms with E-state index in [1.165, 1.54) is 18.6 Å². The van der Waals surface area contributed by atoms with Crippen LogP contribution in [-0.2, 0) is 30.1 Å². The zero-order chi connectivity index (χ0) is 27.7. The van der Waals surface area contributed by atoms with Gasteiger partial charge in [-0.05, 0) is 31.7 Å². The van der Waals surface area contributed by atoms with Crippen molar-refractivity contribution in [2.75, 3.05) is 0 Å². The van der Waals surface area contributed by atoms with Gasteiger partial charge < -0.3 is 25.3 Å². The first kappa shape index (κ1) is 28.8. The molecule has 1 saturated heterocycles. The number of benzene rings is 1. The molecule has 0 radical (unpaired) electrons. The van der Waals surface area contributed by atoms with Gasteiger partial charge in [0.25, 0.3) is 11.9 Å². The summed E-state index contributed by atoms with van der Waals surface area (Å²) in [5, 5.41) is 8.37. The van der Waals surface area contributed by atoms with Gasteiger partial charge in [0, 0.05) is 24.9 Å². The summed E-state index contributed by atoms with van der Waals surface area (Å²) in [6, 6.07) is 8.14. The Morgan fingerprint density at radius 2 is 1.79 bits per heavy atom. The maximum atomic E-state index is 13.6. The molecule has 3 N–H and O–H groups in total. The largest absolute Gasteiger partial charge is 0.551 e. The minimum Gasteiger partial charge on any atom is -0.508 e. The van der Waals surface area contributed by atoms with Gasteiger partial charge in [0.2, 0.25) is 11.8 Å². The van der Waals surface area contributed by atoms with E-state index in [1.807, 2.05) is 44.2 Å². The second kappa shape index (κ2) is 13.7. The summed E-state index contributed by atoms with van der Waals surface area (Å²) in [4.78, 5) is 59.2. The molecular weight excluding hydrogens is 489 g/mol. The highest BCUT2D eigenvalue weighted by molar-refractivity contribution is 6.50. The third-order valence-corrected chi connectivity index (χ3v) is 5.70. The third kappa shape index (κ3) is 8.65. The van der Waals surface area contributed by atoms with Crippen LogP contribution in [0.3, 0.4) is 0 Å². The van der Waals surface area contributed by atoms with Crippen molar-refractivity contribution in [3.63, 3.8) is 0 Å². The van der Waals surface area contributed by atoms with Crippen molar-refractivity contribution in [2.45, 2.75) is 71.1 Å². The predicted molar refractivity (Wildman–Crippen MR) is 139 cm³/mol. The monoisotopic (exact) mass is 523 g/mol. The normalized spacial score (nSPS) is 16.9. The number of nitrogens with one attached hydrogen (secondary N) is 3. The molecule has 3 atom stereocenters. The number of hydrogen-bond acceptors (Lipinski definition) is 8. The fourth-order valence-corrected chi connectivity index (χ4v) is 4.01. The summed E-state index contributed by atoms with van der Waals surface area (Å²) in [5.74, 6) is -2.73. The average Bonchev–Trinajstić information content (AvgIpc) is 2.88. The van der Waals surface area contributed by atoms with Gasteiger partial charge in [-0.25, -0.2) is 4.98 Å². The molecule has 0 spiro atoms. The van der Waals surface area contributed by atoms with Gasteiger partial charge >= 0.3 is 7.12 Å². The van der Waals surface area contributed by atoms with E-state index in [-0.39, 0.29) is 30.5 Å². The van der Waals surface area contributed by atoms with Crippen LogP contribution in [-0.4, -0.2) is 64.9 Å². The van der Waals surface area contributed by atoms with E-state index in [1.54, 1.807) is 13.8 Å². The molecule has 1 aliphatic rings. The highest BCUT2D eigenvalue weighted by Crippen LogP contribution is 2.19. The molecule has 1 aromatic heterocycles. The van der Waals surface area contributed by atoms with Gasteiger partial charge in [0.1, 0.15) is 17.8 Å². The van der Waals surface area contributed by atoms with Crippen LogP contribution in [0.5, 0.6) is 0 Å². The van der Waals surface area contributed by atoms with Gasteiger partial charge in [0.15, 0.2) is 0 Å². The molecular formula is C26H34BN5O6. The van der Waals surface area contributed by atoms with E-state index in [4.69, 9.17) is 9.31 Å². The SMILES string of the molecule is CC(C)C[C@H](NC(=O)C(Cc1ccccc1)NC(=O)c1cnccn1)B1OC(=O)CC(C(=O)NC(C)C)O1. The van der Waals surface area contributed by atoms with Crippen molar-refractivity contribution >= 4 is 30.8 Å². The summed E-state index contributed by atoms with van der Waals surface area (Å²) >= 11 is 0. The summed E-state index contributed by atoms with van der Waals surface area (Å²) in [7, 11) is -1.17. The van der Waals surface area contributed by atoms with Crippen molar-refractivity contribution in [2.24, 2.45) is 5.92 Å². The maximum absolute atomic E-state index is 13.6. The Labute approximate surface area is 222 Å². The number of rotatable bonds is 11. The van der Waals surface area contributed by atoms with E-state index in [0.717, 1.165) is 5.56 Å². The first-order valence-corrected chi connectivity index (χ1v) is 12.7. The Morgan fingerprint density at radius 3 is 2.42 bits per heavy atom. The van der Waals surface area contributed by atoms with Crippen LogP contribution in [0.25, 0.3) is 0 Å². The van der Waals surface area contributed by atoms with Gasteiger partial charge in [-0.1, -0.05) is 44.2 Å². The van der Waals surface area contributed by atoms with Crippen LogP contribution in [0, 0.1) is 5.92 Å². The highest BCUT2D eigenvalue weighted by Gasteiger charge is 2.44. The lowest BCUT2D eigenvalue weighted by Crippen LogP contribution is -2.60. The molecule has 12 heteroatoms. The molecule has 11 nitrogen and oxygen atoms in total. The molecule has 202 valence electrons. The smallest absolute Gasteiger partial charge is 0.508 e. The number of hydrogen-bond donors (Lipinski definition) is 3. The highest BCUT2D eigenvalue weighted by atomic mass is 16.6. The zero-order valence-corrected chi connectivity index (χ0v) is 22.0. The van der Waals surface area contributed by atoms with Crippen molar-refractivity contribution in [3.8, 4) is 0 Å². The Bertz CT molecular complexity index is 1100. The molecule has 0 bridgehead atoms. The van der Waals surface area contributed by atoms with Crippen LogP contribution in [0.15, 0.2) is 48.9 Å².